The van der Waals surface area contributed by atoms with Crippen molar-refractivity contribution in [2.24, 2.45) is 5.10 Å². The van der Waals surface area contributed by atoms with Crippen LogP contribution in [0.4, 0.5) is 5.69 Å². The fourth-order valence-corrected chi connectivity index (χ4v) is 2.15. The average Bonchev–Trinajstić information content (AvgIpc) is 2.62. The van der Waals surface area contributed by atoms with Gasteiger partial charge in [-0.1, -0.05) is 24.3 Å². The monoisotopic (exact) mass is 342 g/mol. The molecule has 3 rings (SSSR count). The molecule has 1 heterocycles. The van der Waals surface area contributed by atoms with Crippen LogP contribution >= 0.6 is 0 Å². The quantitative estimate of drug-likeness (QED) is 0.501. The number of amides is 1. The molecule has 1 atom stereocenters. The molecule has 1 aliphatic heterocycles. The Hall–Kier alpha value is -3.62. The lowest BCUT2D eigenvalue weighted by molar-refractivity contribution is -0.398. The van der Waals surface area contributed by atoms with Crippen LogP contribution in [0.25, 0.3) is 0 Å². The van der Waals surface area contributed by atoms with Gasteiger partial charge in [-0.15, -0.1) is 0 Å². The zero-order chi connectivity index (χ0) is 17.8. The van der Waals surface area contributed by atoms with Gasteiger partial charge in [0.1, 0.15) is 6.61 Å². The summed E-state index contributed by atoms with van der Waals surface area (Å²) in [6, 6.07) is 10.5. The molecule has 9 nitrogen and oxygen atoms in total. The minimum absolute atomic E-state index is 0.0364. The molecule has 0 saturated carbocycles. The first-order valence-electron chi connectivity index (χ1n) is 7.21. The van der Waals surface area contributed by atoms with Crippen LogP contribution in [0.1, 0.15) is 5.56 Å². The maximum absolute atomic E-state index is 12.0. The van der Waals surface area contributed by atoms with E-state index in [1.807, 2.05) is 0 Å². The van der Waals surface area contributed by atoms with Crippen molar-refractivity contribution < 1.29 is 24.3 Å². The predicted molar refractivity (Wildman–Crippen MR) is 84.6 cm³/mol. The fourth-order valence-electron chi connectivity index (χ4n) is 2.15. The number of ether oxygens (including phenoxy) is 2. The van der Waals surface area contributed by atoms with Gasteiger partial charge >= 0.3 is 0 Å². The van der Waals surface area contributed by atoms with Crippen LogP contribution in [-0.4, -0.2) is 29.8 Å². The van der Waals surface area contributed by atoms with Gasteiger partial charge in [0, 0.05) is 11.6 Å². The fraction of sp³-hybridized carbons (Fsp3) is 0.125. The maximum Gasteiger partial charge on any atom is 0.284 e. The Balaban J connectivity index is 1.62. The van der Waals surface area contributed by atoms with Gasteiger partial charge in [0.2, 0.25) is 6.10 Å². The van der Waals surface area contributed by atoms with Gasteiger partial charge in [-0.25, -0.2) is 5.43 Å². The first-order chi connectivity index (χ1) is 12.0. The molecule has 0 aliphatic carbocycles. The van der Waals surface area contributed by atoms with Crippen molar-refractivity contribution >= 4 is 17.8 Å². The van der Waals surface area contributed by atoms with Crippen LogP contribution in [-0.2, 0) is 4.79 Å². The van der Waals surface area contributed by atoms with Crippen LogP contribution in [0.2, 0.25) is 0 Å². The number of nitro groups is 1. The highest BCUT2D eigenvalue weighted by Gasteiger charge is 2.26. The summed E-state index contributed by atoms with van der Waals surface area (Å²) in [5.41, 5.74) is 2.02. The zero-order valence-corrected chi connectivity index (χ0v) is 12.7. The van der Waals surface area contributed by atoms with Gasteiger partial charge in [0.15, 0.2) is 11.5 Å². The normalized spacial score (nSPS) is 15.8. The molecule has 0 fully saturated rings. The van der Waals surface area contributed by atoms with Crippen molar-refractivity contribution in [1.29, 1.82) is 0 Å². The summed E-state index contributed by atoms with van der Waals surface area (Å²) in [5, 5.41) is 25.8. The van der Waals surface area contributed by atoms with Crippen LogP contribution in [0.5, 0.6) is 17.2 Å². The number of hydrazone groups is 1. The van der Waals surface area contributed by atoms with E-state index in [1.165, 1.54) is 12.3 Å². The van der Waals surface area contributed by atoms with Crippen LogP contribution in [0, 0.1) is 10.1 Å². The molecule has 0 radical (unpaired) electrons. The number of fused-ring (bicyclic) bond motifs is 1. The van der Waals surface area contributed by atoms with E-state index in [2.05, 4.69) is 10.5 Å². The Kier molecular flexibility index (Phi) is 4.46. The molecule has 0 saturated heterocycles. The standard InChI is InChI=1S/C16H13N3O6/c20-12-6-5-10(7-11(12)19(22)23)8-17-18-16(21)15-9-24-13-3-1-2-4-14(13)25-15/h1-8,15,20H,9H2,(H,18,21)/p-1/b17-8-/t15-/m1/s1. The zero-order valence-electron chi connectivity index (χ0n) is 12.7. The molecule has 0 unspecified atom stereocenters. The smallest absolute Gasteiger partial charge is 0.284 e. The van der Waals surface area contributed by atoms with Crippen molar-refractivity contribution in [2.75, 3.05) is 6.61 Å². The number of carbonyl (C=O) groups excluding carboxylic acids is 1. The van der Waals surface area contributed by atoms with Crippen molar-refractivity contribution in [3.63, 3.8) is 0 Å². The number of hydrogen-bond donors (Lipinski definition) is 1. The lowest BCUT2D eigenvalue weighted by atomic mass is 10.2. The largest absolute Gasteiger partial charge is 0.868 e. The highest BCUT2D eigenvalue weighted by molar-refractivity contribution is 5.85. The molecule has 25 heavy (non-hydrogen) atoms. The number of carbonyl (C=O) groups is 1. The summed E-state index contributed by atoms with van der Waals surface area (Å²) in [7, 11) is 0. The number of benzene rings is 2. The summed E-state index contributed by atoms with van der Waals surface area (Å²) >= 11 is 0. The minimum Gasteiger partial charge on any atom is -0.868 e. The Labute approximate surface area is 141 Å². The van der Waals surface area contributed by atoms with E-state index in [1.54, 1.807) is 24.3 Å². The van der Waals surface area contributed by atoms with E-state index in [4.69, 9.17) is 9.47 Å². The molecule has 0 bridgehead atoms. The van der Waals surface area contributed by atoms with E-state index < -0.39 is 28.4 Å². The topological polar surface area (TPSA) is 126 Å². The first-order valence-corrected chi connectivity index (χ1v) is 7.21. The highest BCUT2D eigenvalue weighted by Crippen LogP contribution is 2.30. The molecule has 2 aromatic carbocycles. The molecular formula is C16H12N3O6-. The van der Waals surface area contributed by atoms with Gasteiger partial charge in [0.25, 0.3) is 11.6 Å². The van der Waals surface area contributed by atoms with Gasteiger partial charge in [0.05, 0.1) is 11.1 Å². The van der Waals surface area contributed by atoms with Crippen molar-refractivity contribution in [3.05, 3.63) is 58.1 Å². The Morgan fingerprint density at radius 1 is 1.28 bits per heavy atom. The lowest BCUT2D eigenvalue weighted by Crippen LogP contribution is -2.42. The molecule has 1 N–H and O–H groups in total. The van der Waals surface area contributed by atoms with Gasteiger partial charge in [-0.3, -0.25) is 14.9 Å². The molecule has 128 valence electrons. The SMILES string of the molecule is O=C(N/N=C\c1ccc([O-])c([N+](=O)[O-])c1)[C@H]1COc2ccccc2O1. The van der Waals surface area contributed by atoms with Crippen LogP contribution in [0.15, 0.2) is 47.6 Å². The van der Waals surface area contributed by atoms with E-state index in [0.717, 1.165) is 12.1 Å². The second-order valence-corrected chi connectivity index (χ2v) is 5.08. The van der Waals surface area contributed by atoms with Gasteiger partial charge in [-0.2, -0.15) is 5.10 Å². The number of nitro benzene ring substituents is 1. The van der Waals surface area contributed by atoms with Crippen LogP contribution < -0.4 is 20.0 Å². The third-order valence-corrected chi connectivity index (χ3v) is 3.37. The van der Waals surface area contributed by atoms with E-state index >= 15 is 0 Å². The summed E-state index contributed by atoms with van der Waals surface area (Å²) in [5.74, 6) is -0.210. The Bertz CT molecular complexity index is 852. The van der Waals surface area contributed by atoms with Gasteiger partial charge in [-0.05, 0) is 17.9 Å². The predicted octanol–water partition coefficient (Wildman–Crippen LogP) is 0.958. The van der Waals surface area contributed by atoms with Crippen molar-refractivity contribution in [1.82, 2.24) is 5.43 Å². The average molecular weight is 342 g/mol. The highest BCUT2D eigenvalue weighted by atomic mass is 16.6. The molecule has 0 spiro atoms. The third kappa shape index (κ3) is 3.66. The lowest BCUT2D eigenvalue weighted by Gasteiger charge is -2.24. The van der Waals surface area contributed by atoms with Crippen molar-refractivity contribution in [2.45, 2.75) is 6.10 Å². The van der Waals surface area contributed by atoms with Crippen molar-refractivity contribution in [3.8, 4) is 17.2 Å². The number of hydrogen-bond acceptors (Lipinski definition) is 7. The van der Waals surface area contributed by atoms with E-state index in [9.17, 15) is 20.0 Å². The van der Waals surface area contributed by atoms with E-state index in [0.29, 0.717) is 17.1 Å². The molecule has 2 aromatic rings. The number of nitrogens with zero attached hydrogens (tertiary/aromatic N) is 2. The van der Waals surface area contributed by atoms with Gasteiger partial charge < -0.3 is 14.6 Å². The molecule has 0 aromatic heterocycles. The summed E-state index contributed by atoms with van der Waals surface area (Å²) in [6.45, 7) is 0.0364. The third-order valence-electron chi connectivity index (χ3n) is 3.37. The molecule has 9 heteroatoms. The summed E-state index contributed by atoms with van der Waals surface area (Å²) in [6.07, 6.45) is 0.326. The molecule has 1 amide bonds. The molecule has 1 aliphatic rings. The number of nitrogens with one attached hydrogen (secondary N) is 1. The van der Waals surface area contributed by atoms with E-state index in [-0.39, 0.29) is 6.61 Å². The number of para-hydroxylation sites is 2. The minimum atomic E-state index is -0.870. The Morgan fingerprint density at radius 2 is 2.04 bits per heavy atom. The summed E-state index contributed by atoms with van der Waals surface area (Å²) < 4.78 is 11.0. The molecular weight excluding hydrogens is 330 g/mol. The second kappa shape index (κ2) is 6.87. The summed E-state index contributed by atoms with van der Waals surface area (Å²) in [4.78, 5) is 22.0. The van der Waals surface area contributed by atoms with Crippen LogP contribution in [0.3, 0.4) is 0 Å². The number of rotatable bonds is 4. The maximum atomic E-state index is 12.0. The second-order valence-electron chi connectivity index (χ2n) is 5.08. The first kappa shape index (κ1) is 16.2. The Morgan fingerprint density at radius 3 is 2.80 bits per heavy atom.